The number of hydrogen-bond donors (Lipinski definition) is 0. The molecule has 2 nitrogen and oxygen atoms in total. The number of carbonyl (C=O) groups excluding carboxylic acids is 1. The minimum absolute atomic E-state index is 0.621. The summed E-state index contributed by atoms with van der Waals surface area (Å²) >= 11 is 0. The molecule has 0 aliphatic carbocycles. The van der Waals surface area contributed by atoms with Gasteiger partial charge in [-0.25, -0.2) is 0 Å². The maximum atomic E-state index is 10.6. The van der Waals surface area contributed by atoms with Crippen molar-refractivity contribution in [2.75, 3.05) is 0 Å². The molecule has 2 rings (SSSR count). The second-order valence-corrected chi connectivity index (χ2v) is 4.75. The summed E-state index contributed by atoms with van der Waals surface area (Å²) in [5.74, 6) is 0. The molecule has 0 fully saturated rings. The van der Waals surface area contributed by atoms with Crippen molar-refractivity contribution in [3.63, 3.8) is 0 Å². The van der Waals surface area contributed by atoms with Crippen LogP contribution < -0.4 is 0 Å². The molecule has 0 unspecified atom stereocenters. The first-order valence-corrected chi connectivity index (χ1v) is 6.07. The summed E-state index contributed by atoms with van der Waals surface area (Å²) in [6.07, 6.45) is 3.26. The van der Waals surface area contributed by atoms with Gasteiger partial charge in [-0.15, -0.1) is 0 Å². The van der Waals surface area contributed by atoms with Crippen molar-refractivity contribution < 1.29 is 4.79 Å². The number of hydrogen-bond acceptors (Lipinski definition) is 2. The molecule has 1 heterocycles. The minimum Gasteiger partial charge on any atom is -0.298 e. The van der Waals surface area contributed by atoms with Crippen LogP contribution >= 0.6 is 0 Å². The van der Waals surface area contributed by atoms with Crippen molar-refractivity contribution >= 4 is 6.29 Å². The van der Waals surface area contributed by atoms with Crippen LogP contribution in [0.3, 0.4) is 0 Å². The van der Waals surface area contributed by atoms with Crippen molar-refractivity contribution in [2.45, 2.75) is 27.2 Å². The van der Waals surface area contributed by atoms with E-state index < -0.39 is 0 Å². The second-order valence-electron chi connectivity index (χ2n) is 4.75. The quantitative estimate of drug-likeness (QED) is 0.768. The number of pyridine rings is 1. The van der Waals surface area contributed by atoms with E-state index in [-0.39, 0.29) is 0 Å². The van der Waals surface area contributed by atoms with Gasteiger partial charge in [0.05, 0.1) is 0 Å². The first-order chi connectivity index (χ1) is 8.60. The van der Waals surface area contributed by atoms with Crippen LogP contribution in [0.2, 0.25) is 0 Å². The van der Waals surface area contributed by atoms with Crippen LogP contribution in [0.15, 0.2) is 30.5 Å². The minimum atomic E-state index is 0.621. The molecule has 2 aromatic rings. The van der Waals surface area contributed by atoms with Crippen LogP contribution in [0.4, 0.5) is 0 Å². The summed E-state index contributed by atoms with van der Waals surface area (Å²) in [4.78, 5) is 14.9. The molecule has 0 saturated carbocycles. The summed E-state index contributed by atoms with van der Waals surface area (Å²) in [7, 11) is 0. The highest BCUT2D eigenvalue weighted by Crippen LogP contribution is 2.19. The Hall–Kier alpha value is -1.96. The van der Waals surface area contributed by atoms with Crippen LogP contribution in [-0.2, 0) is 6.42 Å². The fourth-order valence-electron chi connectivity index (χ4n) is 2.28. The Morgan fingerprint density at radius 3 is 2.28 bits per heavy atom. The zero-order valence-electron chi connectivity index (χ0n) is 11.0. The summed E-state index contributed by atoms with van der Waals surface area (Å²) in [6.45, 7) is 6.38. The summed E-state index contributed by atoms with van der Waals surface area (Å²) in [5.41, 5.74) is 6.83. The van der Waals surface area contributed by atoms with Gasteiger partial charge >= 0.3 is 0 Å². The molecular formula is C16H17NO. The Kier molecular flexibility index (Phi) is 3.56. The van der Waals surface area contributed by atoms with Gasteiger partial charge in [0.1, 0.15) is 0 Å². The zero-order valence-corrected chi connectivity index (χ0v) is 11.0. The van der Waals surface area contributed by atoms with Gasteiger partial charge in [0.25, 0.3) is 0 Å². The Morgan fingerprint density at radius 1 is 1.11 bits per heavy atom. The normalized spacial score (nSPS) is 10.4. The predicted molar refractivity (Wildman–Crippen MR) is 73.1 cm³/mol. The molecule has 0 aliphatic rings. The number of carbonyl (C=O) groups is 1. The highest BCUT2D eigenvalue weighted by atomic mass is 16.1. The highest BCUT2D eigenvalue weighted by molar-refractivity contribution is 5.73. The van der Waals surface area contributed by atoms with Crippen LogP contribution in [0.1, 0.15) is 38.3 Å². The van der Waals surface area contributed by atoms with Crippen LogP contribution in [-0.4, -0.2) is 11.3 Å². The molecule has 92 valence electrons. The third kappa shape index (κ3) is 2.65. The average molecular weight is 239 g/mol. The Labute approximate surface area is 108 Å². The van der Waals surface area contributed by atoms with E-state index in [0.717, 1.165) is 18.4 Å². The van der Waals surface area contributed by atoms with Gasteiger partial charge in [-0.2, -0.15) is 0 Å². The van der Waals surface area contributed by atoms with Crippen LogP contribution in [0.5, 0.6) is 0 Å². The van der Waals surface area contributed by atoms with Gasteiger partial charge in [0.15, 0.2) is 6.29 Å². The predicted octanol–water partition coefficient (Wildman–Crippen LogP) is 3.41. The summed E-state index contributed by atoms with van der Waals surface area (Å²) < 4.78 is 0. The maximum absolute atomic E-state index is 10.6. The largest absolute Gasteiger partial charge is 0.298 e. The standard InChI is InChI=1S/C16H17NO/c1-11-6-12(2)16(13(3)7-11)8-15-5-4-14(10-18)9-17-15/h4-7,9-10H,8H2,1-3H3. The van der Waals surface area contributed by atoms with Gasteiger partial charge in [-0.1, -0.05) is 17.7 Å². The molecule has 0 aliphatic heterocycles. The first kappa shape index (κ1) is 12.5. The number of aldehydes is 1. The summed E-state index contributed by atoms with van der Waals surface area (Å²) in [5, 5.41) is 0. The lowest BCUT2D eigenvalue weighted by molar-refractivity contribution is 0.112. The van der Waals surface area contributed by atoms with E-state index >= 15 is 0 Å². The van der Waals surface area contributed by atoms with Crippen molar-refractivity contribution in [1.82, 2.24) is 4.98 Å². The first-order valence-electron chi connectivity index (χ1n) is 6.07. The number of rotatable bonds is 3. The molecule has 0 N–H and O–H groups in total. The molecule has 1 aromatic heterocycles. The fraction of sp³-hybridized carbons (Fsp3) is 0.250. The molecule has 0 atom stereocenters. The number of aryl methyl sites for hydroxylation is 3. The van der Waals surface area contributed by atoms with E-state index in [1.54, 1.807) is 6.20 Å². The van der Waals surface area contributed by atoms with Crippen molar-refractivity contribution in [3.05, 3.63) is 64.0 Å². The lowest BCUT2D eigenvalue weighted by atomic mass is 9.96. The molecule has 0 radical (unpaired) electrons. The number of benzene rings is 1. The van der Waals surface area contributed by atoms with E-state index in [1.807, 2.05) is 12.1 Å². The third-order valence-corrected chi connectivity index (χ3v) is 3.18. The van der Waals surface area contributed by atoms with Gasteiger partial charge in [-0.3, -0.25) is 9.78 Å². The lowest BCUT2D eigenvalue weighted by Crippen LogP contribution is -1.99. The Balaban J connectivity index is 2.30. The van der Waals surface area contributed by atoms with E-state index in [4.69, 9.17) is 0 Å². The third-order valence-electron chi connectivity index (χ3n) is 3.18. The number of nitrogens with zero attached hydrogens (tertiary/aromatic N) is 1. The Morgan fingerprint density at radius 2 is 1.78 bits per heavy atom. The van der Waals surface area contributed by atoms with Crippen molar-refractivity contribution in [3.8, 4) is 0 Å². The van der Waals surface area contributed by atoms with Gasteiger partial charge < -0.3 is 0 Å². The fourth-order valence-corrected chi connectivity index (χ4v) is 2.28. The molecule has 2 heteroatoms. The van der Waals surface area contributed by atoms with Gasteiger partial charge in [0.2, 0.25) is 0 Å². The lowest BCUT2D eigenvalue weighted by Gasteiger charge is -2.11. The summed E-state index contributed by atoms with van der Waals surface area (Å²) in [6, 6.07) is 8.13. The zero-order chi connectivity index (χ0) is 13.1. The van der Waals surface area contributed by atoms with Gasteiger partial charge in [-0.05, 0) is 49.6 Å². The van der Waals surface area contributed by atoms with Crippen molar-refractivity contribution in [1.29, 1.82) is 0 Å². The molecule has 0 amide bonds. The van der Waals surface area contributed by atoms with Crippen LogP contribution in [0.25, 0.3) is 0 Å². The highest BCUT2D eigenvalue weighted by Gasteiger charge is 2.06. The number of aromatic nitrogens is 1. The second kappa shape index (κ2) is 5.13. The molecule has 0 spiro atoms. The van der Waals surface area contributed by atoms with Crippen LogP contribution in [0, 0.1) is 20.8 Å². The molecule has 1 aromatic carbocycles. The van der Waals surface area contributed by atoms with Gasteiger partial charge in [0, 0.05) is 23.9 Å². The van der Waals surface area contributed by atoms with E-state index in [2.05, 4.69) is 37.9 Å². The topological polar surface area (TPSA) is 30.0 Å². The van der Waals surface area contributed by atoms with E-state index in [1.165, 1.54) is 22.3 Å². The monoisotopic (exact) mass is 239 g/mol. The van der Waals surface area contributed by atoms with E-state index in [9.17, 15) is 4.79 Å². The molecular weight excluding hydrogens is 222 g/mol. The molecule has 0 saturated heterocycles. The van der Waals surface area contributed by atoms with Crippen molar-refractivity contribution in [2.24, 2.45) is 0 Å². The smallest absolute Gasteiger partial charge is 0.151 e. The average Bonchev–Trinajstić information content (AvgIpc) is 2.34. The molecule has 18 heavy (non-hydrogen) atoms. The Bertz CT molecular complexity index is 547. The molecule has 0 bridgehead atoms. The SMILES string of the molecule is Cc1cc(C)c(Cc2ccc(C=O)cn2)c(C)c1. The van der Waals surface area contributed by atoms with E-state index in [0.29, 0.717) is 5.56 Å². The maximum Gasteiger partial charge on any atom is 0.151 e.